The molecular formula is C13H12Cl2N4O5S. The molecule has 9 nitrogen and oxygen atoms in total. The van der Waals surface area contributed by atoms with E-state index in [1.165, 1.54) is 20.3 Å². The second-order valence-electron chi connectivity index (χ2n) is 3.95. The monoisotopic (exact) mass is 406 g/mol. The highest BCUT2D eigenvalue weighted by Gasteiger charge is 2.08. The molecule has 0 fully saturated rings. The zero-order chi connectivity index (χ0) is 18.8. The molecule has 134 valence electrons. The standard InChI is InChI=1S/C7H8N4O5S.C6H4Cl2/c1-15-4-3-5(16-2)9-6(8-4)10-7(12)11-17(13)14;7-5-1-2-6(8)4-3-5/h3H,1-2H3,(H,8,9,10,12);1-4H. The Balaban J connectivity index is 0.000000324. The van der Waals surface area contributed by atoms with Crippen LogP contribution in [0.5, 0.6) is 11.8 Å². The number of nitrogens with zero attached hydrogens (tertiary/aromatic N) is 3. The quantitative estimate of drug-likeness (QED) is 0.830. The van der Waals surface area contributed by atoms with Gasteiger partial charge in [-0.25, -0.2) is 4.79 Å². The van der Waals surface area contributed by atoms with E-state index in [1.807, 2.05) is 5.32 Å². The van der Waals surface area contributed by atoms with E-state index in [1.54, 1.807) is 24.3 Å². The molecule has 1 aromatic heterocycles. The van der Waals surface area contributed by atoms with Gasteiger partial charge in [-0.05, 0) is 24.3 Å². The van der Waals surface area contributed by atoms with Crippen molar-refractivity contribution in [2.75, 3.05) is 19.5 Å². The summed E-state index contributed by atoms with van der Waals surface area (Å²) < 4.78 is 32.6. The van der Waals surface area contributed by atoms with Crippen molar-refractivity contribution in [2.24, 2.45) is 4.36 Å². The fourth-order valence-corrected chi connectivity index (χ4v) is 1.72. The van der Waals surface area contributed by atoms with Gasteiger partial charge in [-0.2, -0.15) is 18.4 Å². The third-order valence-corrected chi connectivity index (χ3v) is 3.10. The molecule has 2 amide bonds. The maximum atomic E-state index is 11.0. The van der Waals surface area contributed by atoms with Crippen LogP contribution in [0.25, 0.3) is 0 Å². The number of hydrogen-bond donors (Lipinski definition) is 1. The van der Waals surface area contributed by atoms with Crippen molar-refractivity contribution in [1.29, 1.82) is 0 Å². The number of nitrogens with one attached hydrogen (secondary N) is 1. The summed E-state index contributed by atoms with van der Waals surface area (Å²) in [5, 5.41) is 3.48. The van der Waals surface area contributed by atoms with Crippen LogP contribution in [-0.2, 0) is 10.5 Å². The first-order chi connectivity index (χ1) is 11.8. The van der Waals surface area contributed by atoms with Gasteiger partial charge in [0.15, 0.2) is 0 Å². The highest BCUT2D eigenvalue weighted by molar-refractivity contribution is 7.62. The third-order valence-electron chi connectivity index (χ3n) is 2.28. The largest absolute Gasteiger partial charge is 0.481 e. The highest BCUT2D eigenvalue weighted by Crippen LogP contribution is 2.17. The number of carbonyl (C=O) groups is 1. The number of amides is 2. The van der Waals surface area contributed by atoms with E-state index in [0.29, 0.717) is 0 Å². The van der Waals surface area contributed by atoms with Gasteiger partial charge in [0.2, 0.25) is 17.7 Å². The van der Waals surface area contributed by atoms with Crippen molar-refractivity contribution >= 4 is 45.7 Å². The smallest absolute Gasteiger partial charge is 0.362 e. The van der Waals surface area contributed by atoms with E-state index in [2.05, 4.69) is 14.3 Å². The van der Waals surface area contributed by atoms with Crippen LogP contribution in [0.15, 0.2) is 34.7 Å². The summed E-state index contributed by atoms with van der Waals surface area (Å²) in [4.78, 5) is 18.5. The lowest BCUT2D eigenvalue weighted by atomic mass is 10.4. The van der Waals surface area contributed by atoms with Gasteiger partial charge in [0, 0.05) is 10.0 Å². The molecule has 12 heteroatoms. The third kappa shape index (κ3) is 8.29. The van der Waals surface area contributed by atoms with Gasteiger partial charge < -0.3 is 9.47 Å². The minimum Gasteiger partial charge on any atom is -0.481 e. The van der Waals surface area contributed by atoms with Gasteiger partial charge in [-0.15, -0.1) is 0 Å². The molecule has 0 unspecified atom stereocenters. The van der Waals surface area contributed by atoms with Crippen LogP contribution in [-0.4, -0.2) is 38.6 Å². The highest BCUT2D eigenvalue weighted by atomic mass is 35.5. The lowest BCUT2D eigenvalue weighted by Gasteiger charge is -2.05. The minimum absolute atomic E-state index is 0.149. The number of carbonyl (C=O) groups excluding carboxylic acids is 1. The number of ether oxygens (including phenoxy) is 2. The zero-order valence-corrected chi connectivity index (χ0v) is 15.3. The molecule has 1 heterocycles. The van der Waals surface area contributed by atoms with Crippen molar-refractivity contribution in [1.82, 2.24) is 9.97 Å². The van der Waals surface area contributed by atoms with E-state index in [0.717, 1.165) is 10.0 Å². The van der Waals surface area contributed by atoms with Gasteiger partial charge in [-0.3, -0.25) is 5.32 Å². The molecule has 0 saturated carbocycles. The van der Waals surface area contributed by atoms with Crippen LogP contribution in [0, 0.1) is 0 Å². The summed E-state index contributed by atoms with van der Waals surface area (Å²) in [7, 11) is -0.108. The Morgan fingerprint density at radius 2 is 1.48 bits per heavy atom. The Hall–Kier alpha value is -2.43. The number of hydrogen-bond acceptors (Lipinski definition) is 7. The van der Waals surface area contributed by atoms with Gasteiger partial charge >= 0.3 is 16.5 Å². The molecule has 0 aliphatic rings. The van der Waals surface area contributed by atoms with Crippen LogP contribution < -0.4 is 14.8 Å². The second-order valence-corrected chi connectivity index (χ2v) is 5.44. The molecule has 0 aliphatic carbocycles. The summed E-state index contributed by atoms with van der Waals surface area (Å²) in [5.41, 5.74) is 0. The Morgan fingerprint density at radius 1 is 1.04 bits per heavy atom. The summed E-state index contributed by atoms with van der Waals surface area (Å²) >= 11 is 11.1. The van der Waals surface area contributed by atoms with Crippen molar-refractivity contribution in [3.05, 3.63) is 40.4 Å². The van der Waals surface area contributed by atoms with E-state index in [-0.39, 0.29) is 17.7 Å². The summed E-state index contributed by atoms with van der Waals surface area (Å²) in [6.07, 6.45) is 0. The van der Waals surface area contributed by atoms with E-state index < -0.39 is 16.5 Å². The fraction of sp³-hybridized carbons (Fsp3) is 0.154. The Kier molecular flexibility index (Phi) is 8.61. The average molecular weight is 407 g/mol. The number of urea groups is 1. The Labute approximate surface area is 154 Å². The lowest BCUT2D eigenvalue weighted by molar-refractivity contribution is 0.259. The first-order valence-electron chi connectivity index (χ1n) is 6.34. The van der Waals surface area contributed by atoms with E-state index >= 15 is 0 Å². The molecule has 0 atom stereocenters. The average Bonchev–Trinajstić information content (AvgIpc) is 2.56. The maximum absolute atomic E-state index is 11.0. The SMILES string of the molecule is COc1cc(OC)nc(NC(=O)N=S(=O)=O)n1.Clc1ccc(Cl)cc1. The normalized spacial score (nSPS) is 9.28. The Morgan fingerprint density at radius 3 is 1.84 bits per heavy atom. The molecule has 0 bridgehead atoms. The van der Waals surface area contributed by atoms with E-state index in [4.69, 9.17) is 32.7 Å². The molecule has 0 aliphatic heterocycles. The first kappa shape index (κ1) is 20.6. The van der Waals surface area contributed by atoms with Crippen LogP contribution in [0.1, 0.15) is 0 Å². The molecule has 25 heavy (non-hydrogen) atoms. The second kappa shape index (κ2) is 10.4. The van der Waals surface area contributed by atoms with Crippen LogP contribution in [0.2, 0.25) is 10.0 Å². The predicted octanol–water partition coefficient (Wildman–Crippen LogP) is 3.08. The van der Waals surface area contributed by atoms with Crippen molar-refractivity contribution in [3.8, 4) is 11.8 Å². The molecule has 2 aromatic rings. The number of benzene rings is 1. The molecule has 1 aromatic carbocycles. The van der Waals surface area contributed by atoms with Crippen molar-refractivity contribution in [2.45, 2.75) is 0 Å². The zero-order valence-electron chi connectivity index (χ0n) is 12.9. The molecule has 0 radical (unpaired) electrons. The first-order valence-corrected chi connectivity index (χ1v) is 8.13. The maximum Gasteiger partial charge on any atom is 0.362 e. The van der Waals surface area contributed by atoms with Crippen LogP contribution in [0.3, 0.4) is 0 Å². The lowest BCUT2D eigenvalue weighted by Crippen LogP contribution is -2.10. The molecule has 0 spiro atoms. The van der Waals surface area contributed by atoms with Gasteiger partial charge in [-0.1, -0.05) is 27.6 Å². The molecular weight excluding hydrogens is 395 g/mol. The van der Waals surface area contributed by atoms with E-state index in [9.17, 15) is 13.2 Å². The topological polar surface area (TPSA) is 120 Å². The van der Waals surface area contributed by atoms with Crippen molar-refractivity contribution < 1.29 is 22.7 Å². The number of aromatic nitrogens is 2. The predicted molar refractivity (Wildman–Crippen MR) is 92.0 cm³/mol. The number of anilines is 1. The van der Waals surface area contributed by atoms with Gasteiger partial charge in [0.05, 0.1) is 20.3 Å². The molecule has 1 N–H and O–H groups in total. The van der Waals surface area contributed by atoms with Gasteiger partial charge in [0.25, 0.3) is 0 Å². The summed E-state index contributed by atoms with van der Waals surface area (Å²) in [6, 6.07) is 7.29. The fourth-order valence-electron chi connectivity index (χ4n) is 1.28. The van der Waals surface area contributed by atoms with Gasteiger partial charge in [0.1, 0.15) is 0 Å². The number of rotatable bonds is 3. The minimum atomic E-state index is -2.84. The Bertz CT molecular complexity index is 808. The molecule has 2 rings (SSSR count). The number of halogens is 2. The summed E-state index contributed by atoms with van der Waals surface area (Å²) in [5.74, 6) is 0.117. The molecule has 0 saturated heterocycles. The number of methoxy groups -OCH3 is 2. The van der Waals surface area contributed by atoms with Crippen LogP contribution in [0.4, 0.5) is 10.7 Å². The summed E-state index contributed by atoms with van der Waals surface area (Å²) in [6.45, 7) is 0. The van der Waals surface area contributed by atoms with Crippen molar-refractivity contribution in [3.63, 3.8) is 0 Å². The van der Waals surface area contributed by atoms with Crippen LogP contribution >= 0.6 is 23.2 Å².